The molecule has 0 saturated carbocycles. The molecule has 3 aromatic carbocycles. The normalized spacial score (nSPS) is 11.9. The highest BCUT2D eigenvalue weighted by atomic mass is 19.1. The van der Waals surface area contributed by atoms with Gasteiger partial charge in [0.05, 0.1) is 0 Å². The van der Waals surface area contributed by atoms with E-state index in [4.69, 9.17) is 4.74 Å². The maximum atomic E-state index is 13.7. The minimum Gasteiger partial charge on any atom is -0.488 e. The summed E-state index contributed by atoms with van der Waals surface area (Å²) in [5.74, 6) is 0.536. The SMILES string of the molecule is C[C@H](NCc1ccccc1OCc1ccccc1F)c1ccccc1. The van der Waals surface area contributed by atoms with E-state index < -0.39 is 0 Å². The summed E-state index contributed by atoms with van der Waals surface area (Å²) in [6.45, 7) is 3.04. The van der Waals surface area contributed by atoms with Gasteiger partial charge in [-0.1, -0.05) is 66.7 Å². The van der Waals surface area contributed by atoms with Crippen LogP contribution in [0.2, 0.25) is 0 Å². The van der Waals surface area contributed by atoms with Gasteiger partial charge in [-0.2, -0.15) is 0 Å². The van der Waals surface area contributed by atoms with E-state index in [0.29, 0.717) is 12.1 Å². The van der Waals surface area contributed by atoms with Crippen molar-refractivity contribution in [2.45, 2.75) is 26.1 Å². The molecule has 0 unspecified atom stereocenters. The quantitative estimate of drug-likeness (QED) is 0.636. The molecule has 2 nitrogen and oxygen atoms in total. The second-order valence-corrected chi connectivity index (χ2v) is 6.00. The fourth-order valence-corrected chi connectivity index (χ4v) is 2.68. The van der Waals surface area contributed by atoms with E-state index in [1.54, 1.807) is 12.1 Å². The second-order valence-electron chi connectivity index (χ2n) is 6.00. The molecule has 0 aliphatic carbocycles. The lowest BCUT2D eigenvalue weighted by Crippen LogP contribution is -2.18. The highest BCUT2D eigenvalue weighted by Gasteiger charge is 2.08. The van der Waals surface area contributed by atoms with Crippen LogP contribution >= 0.6 is 0 Å². The predicted molar refractivity (Wildman–Crippen MR) is 98.9 cm³/mol. The van der Waals surface area contributed by atoms with Crippen molar-refractivity contribution in [2.24, 2.45) is 0 Å². The summed E-state index contributed by atoms with van der Waals surface area (Å²) in [7, 11) is 0. The average Bonchev–Trinajstić information content (AvgIpc) is 2.67. The molecule has 3 aromatic rings. The van der Waals surface area contributed by atoms with Crippen LogP contribution in [0, 0.1) is 5.82 Å². The van der Waals surface area contributed by atoms with Crippen LogP contribution in [0.25, 0.3) is 0 Å². The number of ether oxygens (including phenoxy) is 1. The van der Waals surface area contributed by atoms with Gasteiger partial charge in [-0.15, -0.1) is 0 Å². The lowest BCUT2D eigenvalue weighted by atomic mass is 10.1. The van der Waals surface area contributed by atoms with Gasteiger partial charge in [-0.05, 0) is 24.6 Å². The van der Waals surface area contributed by atoms with Crippen molar-refractivity contribution in [3.05, 3.63) is 101 Å². The Labute approximate surface area is 148 Å². The highest BCUT2D eigenvalue weighted by molar-refractivity contribution is 5.34. The lowest BCUT2D eigenvalue weighted by Gasteiger charge is -2.16. The van der Waals surface area contributed by atoms with Crippen LogP contribution in [0.3, 0.4) is 0 Å². The van der Waals surface area contributed by atoms with E-state index in [9.17, 15) is 4.39 Å². The molecule has 0 aromatic heterocycles. The van der Waals surface area contributed by atoms with Crippen LogP contribution in [-0.4, -0.2) is 0 Å². The molecule has 0 radical (unpaired) electrons. The van der Waals surface area contributed by atoms with Crippen molar-refractivity contribution in [3.8, 4) is 5.75 Å². The first-order valence-electron chi connectivity index (χ1n) is 8.46. The Morgan fingerprint density at radius 1 is 0.840 bits per heavy atom. The van der Waals surface area contributed by atoms with Crippen LogP contribution in [0.5, 0.6) is 5.75 Å². The molecule has 128 valence electrons. The Bertz CT molecular complexity index is 804. The van der Waals surface area contributed by atoms with Gasteiger partial charge in [0.15, 0.2) is 0 Å². The molecule has 1 atom stereocenters. The number of hydrogen-bond donors (Lipinski definition) is 1. The summed E-state index contributed by atoms with van der Waals surface area (Å²) in [5.41, 5.74) is 2.86. The average molecular weight is 335 g/mol. The summed E-state index contributed by atoms with van der Waals surface area (Å²) in [6, 6.07) is 25.1. The number of halogens is 1. The van der Waals surface area contributed by atoms with Gasteiger partial charge < -0.3 is 10.1 Å². The Balaban J connectivity index is 1.64. The van der Waals surface area contributed by atoms with Crippen molar-refractivity contribution in [3.63, 3.8) is 0 Å². The van der Waals surface area contributed by atoms with E-state index in [1.807, 2.05) is 48.5 Å². The number of nitrogens with one attached hydrogen (secondary N) is 1. The molecule has 25 heavy (non-hydrogen) atoms. The van der Waals surface area contributed by atoms with Crippen molar-refractivity contribution in [1.82, 2.24) is 5.32 Å². The molecular weight excluding hydrogens is 313 g/mol. The molecule has 0 saturated heterocycles. The molecule has 0 aliphatic heterocycles. The maximum absolute atomic E-state index is 13.7. The van der Waals surface area contributed by atoms with Crippen molar-refractivity contribution in [1.29, 1.82) is 0 Å². The number of benzene rings is 3. The first-order valence-corrected chi connectivity index (χ1v) is 8.46. The molecule has 0 heterocycles. The fourth-order valence-electron chi connectivity index (χ4n) is 2.68. The summed E-state index contributed by atoms with van der Waals surface area (Å²) >= 11 is 0. The fraction of sp³-hybridized carbons (Fsp3) is 0.182. The van der Waals surface area contributed by atoms with E-state index in [2.05, 4.69) is 24.4 Å². The summed E-state index contributed by atoms with van der Waals surface area (Å²) in [5, 5.41) is 3.51. The van der Waals surface area contributed by atoms with Gasteiger partial charge in [0.2, 0.25) is 0 Å². The second kappa shape index (κ2) is 8.45. The Morgan fingerprint density at radius 3 is 2.24 bits per heavy atom. The van der Waals surface area contributed by atoms with Crippen molar-refractivity contribution in [2.75, 3.05) is 0 Å². The van der Waals surface area contributed by atoms with Crippen LogP contribution in [-0.2, 0) is 13.2 Å². The molecule has 0 spiro atoms. The third kappa shape index (κ3) is 4.68. The van der Waals surface area contributed by atoms with Crippen molar-refractivity contribution < 1.29 is 9.13 Å². The van der Waals surface area contributed by atoms with Gasteiger partial charge in [0.1, 0.15) is 18.2 Å². The van der Waals surface area contributed by atoms with E-state index >= 15 is 0 Å². The Hall–Kier alpha value is -2.65. The molecule has 0 fully saturated rings. The smallest absolute Gasteiger partial charge is 0.129 e. The topological polar surface area (TPSA) is 21.3 Å². The molecule has 3 rings (SSSR count). The summed E-state index contributed by atoms with van der Waals surface area (Å²) < 4.78 is 19.6. The van der Waals surface area contributed by atoms with Gasteiger partial charge in [-0.3, -0.25) is 0 Å². The molecule has 3 heteroatoms. The standard InChI is InChI=1S/C22H22FNO/c1-17(18-9-3-2-4-10-18)24-15-19-11-6-8-14-22(19)25-16-20-12-5-7-13-21(20)23/h2-14,17,24H,15-16H2,1H3/t17-/m0/s1. The number of para-hydroxylation sites is 1. The van der Waals surface area contributed by atoms with E-state index in [-0.39, 0.29) is 18.5 Å². The monoisotopic (exact) mass is 335 g/mol. The molecule has 0 bridgehead atoms. The zero-order chi connectivity index (χ0) is 17.5. The van der Waals surface area contributed by atoms with Gasteiger partial charge in [0, 0.05) is 23.7 Å². The first-order chi connectivity index (χ1) is 12.2. The molecule has 1 N–H and O–H groups in total. The predicted octanol–water partition coefficient (Wildman–Crippen LogP) is 5.26. The van der Waals surface area contributed by atoms with Crippen LogP contribution in [0.4, 0.5) is 4.39 Å². The van der Waals surface area contributed by atoms with Crippen LogP contribution in [0.1, 0.15) is 29.7 Å². The molecular formula is C22H22FNO. The minimum absolute atomic E-state index is 0.220. The van der Waals surface area contributed by atoms with E-state index in [1.165, 1.54) is 11.6 Å². The zero-order valence-corrected chi connectivity index (χ0v) is 14.3. The Kier molecular flexibility index (Phi) is 5.81. The maximum Gasteiger partial charge on any atom is 0.129 e. The molecule has 0 aliphatic rings. The third-order valence-electron chi connectivity index (χ3n) is 4.21. The third-order valence-corrected chi connectivity index (χ3v) is 4.21. The molecule has 0 amide bonds. The Morgan fingerprint density at radius 2 is 1.48 bits per heavy atom. The first kappa shape index (κ1) is 17.2. The highest BCUT2D eigenvalue weighted by Crippen LogP contribution is 2.21. The number of rotatable bonds is 7. The summed E-state index contributed by atoms with van der Waals surface area (Å²) in [4.78, 5) is 0. The minimum atomic E-state index is -0.240. The van der Waals surface area contributed by atoms with Crippen LogP contribution < -0.4 is 10.1 Å². The largest absolute Gasteiger partial charge is 0.488 e. The van der Waals surface area contributed by atoms with Crippen molar-refractivity contribution >= 4 is 0 Å². The van der Waals surface area contributed by atoms with Crippen LogP contribution in [0.15, 0.2) is 78.9 Å². The van der Waals surface area contributed by atoms with Gasteiger partial charge in [0.25, 0.3) is 0 Å². The van der Waals surface area contributed by atoms with Gasteiger partial charge >= 0.3 is 0 Å². The number of hydrogen-bond acceptors (Lipinski definition) is 2. The zero-order valence-electron chi connectivity index (χ0n) is 14.3. The summed E-state index contributed by atoms with van der Waals surface area (Å²) in [6.07, 6.45) is 0. The lowest BCUT2D eigenvalue weighted by molar-refractivity contribution is 0.295. The van der Waals surface area contributed by atoms with Gasteiger partial charge in [-0.25, -0.2) is 4.39 Å². The van der Waals surface area contributed by atoms with E-state index in [0.717, 1.165) is 11.3 Å².